The third kappa shape index (κ3) is 3.81. The van der Waals surface area contributed by atoms with Crippen molar-refractivity contribution in [1.29, 1.82) is 0 Å². The molecule has 0 saturated heterocycles. The molecule has 7 heteroatoms. The number of nitrogens with one attached hydrogen (secondary N) is 2. The zero-order valence-corrected chi connectivity index (χ0v) is 11.0. The number of hydrogen-bond donors (Lipinski definition) is 2. The highest BCUT2D eigenvalue weighted by molar-refractivity contribution is 6.04. The molecule has 1 aromatic rings. The molecule has 2 N–H and O–H groups in total. The van der Waals surface area contributed by atoms with Gasteiger partial charge in [0, 0.05) is 17.7 Å². The summed E-state index contributed by atoms with van der Waals surface area (Å²) in [6.45, 7) is 3.47. The maximum absolute atomic E-state index is 11.8. The van der Waals surface area contributed by atoms with Gasteiger partial charge in [0.15, 0.2) is 0 Å². The molecule has 0 unspecified atom stereocenters. The highest BCUT2D eigenvalue weighted by atomic mass is 16.6. The van der Waals surface area contributed by atoms with Crippen LogP contribution in [0.5, 0.6) is 0 Å². The van der Waals surface area contributed by atoms with Crippen LogP contribution in [-0.4, -0.2) is 22.9 Å². The first-order valence-corrected chi connectivity index (χ1v) is 5.72. The Labute approximate surface area is 115 Å². The van der Waals surface area contributed by atoms with Crippen LogP contribution < -0.4 is 10.6 Å². The van der Waals surface area contributed by atoms with Crippen molar-refractivity contribution in [2.45, 2.75) is 19.9 Å². The second-order valence-corrected chi connectivity index (χ2v) is 4.22. The van der Waals surface area contributed by atoms with E-state index in [4.69, 9.17) is 6.42 Å². The van der Waals surface area contributed by atoms with Gasteiger partial charge in [-0.1, -0.05) is 5.92 Å². The lowest BCUT2D eigenvalue weighted by Crippen LogP contribution is -2.42. The van der Waals surface area contributed by atoms with Crippen molar-refractivity contribution in [2.24, 2.45) is 0 Å². The summed E-state index contributed by atoms with van der Waals surface area (Å²) in [7, 11) is 0. The molecule has 20 heavy (non-hydrogen) atoms. The van der Waals surface area contributed by atoms with Crippen molar-refractivity contribution in [3.63, 3.8) is 0 Å². The van der Waals surface area contributed by atoms with Gasteiger partial charge in [0.25, 0.3) is 11.6 Å². The number of hydrogen-bond acceptors (Lipinski definition) is 4. The molecule has 0 radical (unpaired) electrons. The quantitative estimate of drug-likeness (QED) is 0.495. The van der Waals surface area contributed by atoms with Gasteiger partial charge >= 0.3 is 6.03 Å². The van der Waals surface area contributed by atoms with E-state index in [9.17, 15) is 19.7 Å². The fourth-order valence-electron chi connectivity index (χ4n) is 1.42. The molecule has 0 saturated carbocycles. The first kappa shape index (κ1) is 15.2. The van der Waals surface area contributed by atoms with Gasteiger partial charge in [0.2, 0.25) is 0 Å². The monoisotopic (exact) mass is 275 g/mol. The predicted octanol–water partition coefficient (Wildman–Crippen LogP) is 1.42. The van der Waals surface area contributed by atoms with E-state index in [-0.39, 0.29) is 22.9 Å². The van der Waals surface area contributed by atoms with Gasteiger partial charge in [-0.05, 0) is 26.0 Å². The molecule has 1 rings (SSSR count). The summed E-state index contributed by atoms with van der Waals surface area (Å²) in [5.41, 5.74) is -0.308. The van der Waals surface area contributed by atoms with Crippen LogP contribution in [0.15, 0.2) is 18.2 Å². The second kappa shape index (κ2) is 6.33. The molecule has 1 aromatic carbocycles. The number of amides is 3. The zero-order chi connectivity index (χ0) is 15.3. The third-order valence-electron chi connectivity index (χ3n) is 2.26. The standard InChI is InChI=1S/C13H13N3O4/c1-4-9-5-6-10(7-11(9)16(19)20)12(17)15-13(18)14-8(2)3/h1,5-8H,2-3H3,(H2,14,15,17,18). The van der Waals surface area contributed by atoms with Crippen LogP contribution >= 0.6 is 0 Å². The van der Waals surface area contributed by atoms with Crippen molar-refractivity contribution in [3.05, 3.63) is 39.4 Å². The van der Waals surface area contributed by atoms with E-state index in [2.05, 4.69) is 16.6 Å². The van der Waals surface area contributed by atoms with Gasteiger partial charge in [-0.2, -0.15) is 0 Å². The number of nitro groups is 1. The van der Waals surface area contributed by atoms with Gasteiger partial charge in [-0.15, -0.1) is 6.42 Å². The fourth-order valence-corrected chi connectivity index (χ4v) is 1.42. The van der Waals surface area contributed by atoms with Crippen LogP contribution in [0.2, 0.25) is 0 Å². The van der Waals surface area contributed by atoms with Gasteiger partial charge < -0.3 is 5.32 Å². The molecule has 0 heterocycles. The lowest BCUT2D eigenvalue weighted by atomic mass is 10.1. The van der Waals surface area contributed by atoms with Crippen molar-refractivity contribution in [3.8, 4) is 12.3 Å². The van der Waals surface area contributed by atoms with Crippen molar-refractivity contribution >= 4 is 17.6 Å². The number of carbonyl (C=O) groups is 2. The third-order valence-corrected chi connectivity index (χ3v) is 2.26. The molecule has 0 aromatic heterocycles. The number of carbonyl (C=O) groups excluding carboxylic acids is 2. The average Bonchev–Trinajstić information content (AvgIpc) is 2.36. The Bertz CT molecular complexity index is 602. The minimum Gasteiger partial charge on any atom is -0.336 e. The van der Waals surface area contributed by atoms with Crippen molar-refractivity contribution in [1.82, 2.24) is 10.6 Å². The Balaban J connectivity index is 2.95. The molecular weight excluding hydrogens is 262 g/mol. The van der Waals surface area contributed by atoms with Gasteiger partial charge in [-0.25, -0.2) is 4.79 Å². The second-order valence-electron chi connectivity index (χ2n) is 4.22. The number of rotatable bonds is 3. The van der Waals surface area contributed by atoms with Crippen LogP contribution in [0.4, 0.5) is 10.5 Å². The molecule has 7 nitrogen and oxygen atoms in total. The maximum Gasteiger partial charge on any atom is 0.321 e. The van der Waals surface area contributed by atoms with Crippen LogP contribution in [0.25, 0.3) is 0 Å². The summed E-state index contributed by atoms with van der Waals surface area (Å²) < 4.78 is 0. The van der Waals surface area contributed by atoms with Crippen LogP contribution in [-0.2, 0) is 0 Å². The molecule has 104 valence electrons. The predicted molar refractivity (Wildman–Crippen MR) is 72.2 cm³/mol. The Hall–Kier alpha value is -2.88. The highest BCUT2D eigenvalue weighted by Gasteiger charge is 2.17. The van der Waals surface area contributed by atoms with E-state index in [1.807, 2.05) is 0 Å². The molecule has 3 amide bonds. The number of urea groups is 1. The molecule has 0 aliphatic heterocycles. The molecule has 0 aliphatic carbocycles. The highest BCUT2D eigenvalue weighted by Crippen LogP contribution is 2.19. The SMILES string of the molecule is C#Cc1ccc(C(=O)NC(=O)NC(C)C)cc1[N+](=O)[O-]. The minimum atomic E-state index is -0.741. The first-order valence-electron chi connectivity index (χ1n) is 5.72. The van der Waals surface area contributed by atoms with Crippen molar-refractivity contribution < 1.29 is 14.5 Å². The maximum atomic E-state index is 11.8. The van der Waals surface area contributed by atoms with Gasteiger partial charge in [0.1, 0.15) is 5.56 Å². The van der Waals surface area contributed by atoms with Gasteiger partial charge in [-0.3, -0.25) is 20.2 Å². The number of benzene rings is 1. The van der Waals surface area contributed by atoms with Crippen LogP contribution in [0, 0.1) is 22.5 Å². The molecular formula is C13H13N3O4. The summed E-state index contributed by atoms with van der Waals surface area (Å²) >= 11 is 0. The minimum absolute atomic E-state index is 0.0189. The van der Waals surface area contributed by atoms with E-state index in [0.29, 0.717) is 0 Å². The number of nitrogens with zero attached hydrogens (tertiary/aromatic N) is 1. The van der Waals surface area contributed by atoms with Crippen LogP contribution in [0.3, 0.4) is 0 Å². The number of terminal acetylenes is 1. The Morgan fingerprint density at radius 3 is 2.55 bits per heavy atom. The molecule has 0 aliphatic rings. The number of imide groups is 1. The summed E-state index contributed by atoms with van der Waals surface area (Å²) in [6.07, 6.45) is 5.13. The summed E-state index contributed by atoms with van der Waals surface area (Å²) in [5.74, 6) is 1.42. The number of nitro benzene ring substituents is 1. The Morgan fingerprint density at radius 2 is 2.05 bits per heavy atom. The van der Waals surface area contributed by atoms with E-state index in [1.165, 1.54) is 12.1 Å². The van der Waals surface area contributed by atoms with E-state index in [0.717, 1.165) is 6.07 Å². The normalized spacial score (nSPS) is 9.70. The van der Waals surface area contributed by atoms with E-state index in [1.54, 1.807) is 13.8 Å². The lowest BCUT2D eigenvalue weighted by molar-refractivity contribution is -0.385. The molecule has 0 atom stereocenters. The topological polar surface area (TPSA) is 101 Å². The largest absolute Gasteiger partial charge is 0.336 e. The fraction of sp³-hybridized carbons (Fsp3) is 0.231. The van der Waals surface area contributed by atoms with Crippen molar-refractivity contribution in [2.75, 3.05) is 0 Å². The van der Waals surface area contributed by atoms with Crippen LogP contribution in [0.1, 0.15) is 29.8 Å². The van der Waals surface area contributed by atoms with E-state index >= 15 is 0 Å². The summed E-state index contributed by atoms with van der Waals surface area (Å²) in [5, 5.41) is 15.4. The average molecular weight is 275 g/mol. The first-order chi connectivity index (χ1) is 9.35. The summed E-state index contributed by atoms with van der Waals surface area (Å²) in [6, 6.07) is 2.83. The van der Waals surface area contributed by atoms with Gasteiger partial charge in [0.05, 0.1) is 4.92 Å². The Kier molecular flexibility index (Phi) is 4.81. The molecule has 0 bridgehead atoms. The zero-order valence-electron chi connectivity index (χ0n) is 11.0. The van der Waals surface area contributed by atoms with E-state index < -0.39 is 16.9 Å². The smallest absolute Gasteiger partial charge is 0.321 e. The molecule has 0 spiro atoms. The summed E-state index contributed by atoms with van der Waals surface area (Å²) in [4.78, 5) is 33.3. The molecule has 0 fully saturated rings. The Morgan fingerprint density at radius 1 is 1.40 bits per heavy atom. The lowest BCUT2D eigenvalue weighted by Gasteiger charge is -2.09.